The van der Waals surface area contributed by atoms with Crippen LogP contribution in [-0.4, -0.2) is 13.2 Å². The normalized spacial score (nSPS) is 11.1. The highest BCUT2D eigenvalue weighted by Crippen LogP contribution is 2.44. The van der Waals surface area contributed by atoms with Gasteiger partial charge in [0.1, 0.15) is 0 Å². The Morgan fingerprint density at radius 2 is 0.959 bits per heavy atom. The monoisotopic (exact) mass is 679 g/mol. The van der Waals surface area contributed by atoms with Crippen LogP contribution < -0.4 is 0 Å². The van der Waals surface area contributed by atoms with Crippen LogP contribution in [0.5, 0.6) is 0 Å². The molecule has 1 saturated carbocycles. The summed E-state index contributed by atoms with van der Waals surface area (Å²) in [5.74, 6) is 2.07. The molecule has 0 spiro atoms. The molecule has 0 aromatic heterocycles. The van der Waals surface area contributed by atoms with Crippen LogP contribution >= 0.6 is 0 Å². The summed E-state index contributed by atoms with van der Waals surface area (Å²) in [5.41, 5.74) is 8.58. The van der Waals surface area contributed by atoms with Crippen molar-refractivity contribution in [2.45, 2.75) is 181 Å². The number of rotatable bonds is 9. The SMILES string of the molecule is CC.CC.CC.CC.CC.CC(C)Cc1ccc(C2CC2)cc1.CCCC.CCCCC.CCOCC1c2ccccc2-c2ccccc21. The van der Waals surface area contributed by atoms with Crippen molar-refractivity contribution in [1.29, 1.82) is 0 Å². The lowest BCUT2D eigenvalue weighted by Gasteiger charge is -2.12. The van der Waals surface area contributed by atoms with Crippen molar-refractivity contribution in [3.05, 3.63) is 95.1 Å². The third kappa shape index (κ3) is 24.4. The van der Waals surface area contributed by atoms with Crippen molar-refractivity contribution in [1.82, 2.24) is 0 Å². The zero-order valence-corrected chi connectivity index (χ0v) is 36.1. The molecule has 0 N–H and O–H groups in total. The van der Waals surface area contributed by atoms with Crippen LogP contribution in [-0.2, 0) is 11.2 Å². The van der Waals surface area contributed by atoms with E-state index in [1.165, 1.54) is 79.2 Å². The molecule has 2 aliphatic carbocycles. The smallest absolute Gasteiger partial charge is 0.0575 e. The van der Waals surface area contributed by atoms with Gasteiger partial charge >= 0.3 is 0 Å². The lowest BCUT2D eigenvalue weighted by Crippen LogP contribution is -2.06. The van der Waals surface area contributed by atoms with Gasteiger partial charge in [-0.05, 0) is 71.4 Å². The molecule has 1 heteroatoms. The third-order valence-corrected chi connectivity index (χ3v) is 7.33. The van der Waals surface area contributed by atoms with Gasteiger partial charge in [0.05, 0.1) is 6.61 Å². The molecule has 0 unspecified atom stereocenters. The first-order valence-corrected chi connectivity index (χ1v) is 20.8. The summed E-state index contributed by atoms with van der Waals surface area (Å²) in [6.07, 6.45) is 10.7. The highest BCUT2D eigenvalue weighted by Gasteiger charge is 2.27. The van der Waals surface area contributed by atoms with Crippen molar-refractivity contribution >= 4 is 0 Å². The van der Waals surface area contributed by atoms with E-state index in [4.69, 9.17) is 4.74 Å². The van der Waals surface area contributed by atoms with Crippen molar-refractivity contribution < 1.29 is 4.74 Å². The molecule has 0 amide bonds. The molecule has 0 saturated heterocycles. The van der Waals surface area contributed by atoms with Crippen LogP contribution in [0.2, 0.25) is 0 Å². The summed E-state index contributed by atoms with van der Waals surface area (Å²) in [5, 5.41) is 0. The van der Waals surface area contributed by atoms with Crippen LogP contribution in [0.3, 0.4) is 0 Å². The maximum atomic E-state index is 5.63. The predicted octanol–water partition coefficient (Wildman–Crippen LogP) is 16.7. The van der Waals surface area contributed by atoms with Crippen molar-refractivity contribution in [3.8, 4) is 11.1 Å². The lowest BCUT2D eigenvalue weighted by molar-refractivity contribution is 0.141. The van der Waals surface area contributed by atoms with Crippen LogP contribution in [0.25, 0.3) is 11.1 Å². The Labute approximate surface area is 310 Å². The van der Waals surface area contributed by atoms with E-state index in [0.717, 1.165) is 25.0 Å². The number of hydrogen-bond acceptors (Lipinski definition) is 1. The molecule has 3 aromatic rings. The Bertz CT molecular complexity index is 979. The molecular formula is C48H86O. The average Bonchev–Trinajstić information content (AvgIpc) is 3.98. The number of hydrogen-bond donors (Lipinski definition) is 0. The van der Waals surface area contributed by atoms with E-state index in [2.05, 4.69) is 114 Å². The van der Waals surface area contributed by atoms with E-state index in [0.29, 0.717) is 5.92 Å². The number of unbranched alkanes of at least 4 members (excludes halogenated alkanes) is 3. The number of benzene rings is 3. The summed E-state index contributed by atoms with van der Waals surface area (Å²) >= 11 is 0. The molecule has 0 aliphatic heterocycles. The van der Waals surface area contributed by atoms with Gasteiger partial charge in [-0.2, -0.15) is 0 Å². The second-order valence-corrected chi connectivity index (χ2v) is 11.4. The fourth-order valence-corrected chi connectivity index (χ4v) is 4.84. The Morgan fingerprint density at radius 1 is 0.551 bits per heavy atom. The summed E-state index contributed by atoms with van der Waals surface area (Å²) in [6.45, 7) is 36.9. The van der Waals surface area contributed by atoms with Gasteiger partial charge in [-0.3, -0.25) is 0 Å². The fraction of sp³-hybridized carbons (Fsp3) is 0.625. The Balaban J connectivity index is -0.000000280. The molecular weight excluding hydrogens is 593 g/mol. The minimum absolute atomic E-state index is 0.405. The van der Waals surface area contributed by atoms with Gasteiger partial charge in [0.2, 0.25) is 0 Å². The molecule has 2 aliphatic rings. The molecule has 0 bridgehead atoms. The van der Waals surface area contributed by atoms with Crippen LogP contribution in [0.15, 0.2) is 72.8 Å². The van der Waals surface area contributed by atoms with Crippen molar-refractivity contribution in [2.75, 3.05) is 13.2 Å². The van der Waals surface area contributed by atoms with Gasteiger partial charge in [0, 0.05) is 12.5 Å². The number of fused-ring (bicyclic) bond motifs is 3. The van der Waals surface area contributed by atoms with Gasteiger partial charge in [0.15, 0.2) is 0 Å². The average molecular weight is 679 g/mol. The zero-order chi connectivity index (χ0) is 38.5. The standard InChI is InChI=1S/C16H16O.C13H18.C5H12.C4H10.5C2H6/c1-2-17-11-16-14-9-5-3-7-12(14)13-8-4-6-10-15(13)16;1-10(2)9-11-3-5-12(6-4-11)13-7-8-13;1-3-5-4-2;1-3-4-2;5*1-2/h3-10,16H,2,11H2,1H3;3-6,10,13H,7-9H2,1-2H3;3-5H2,1-2H3;3-4H2,1-2H3;5*1-2H3. The third-order valence-electron chi connectivity index (χ3n) is 7.33. The van der Waals surface area contributed by atoms with E-state index in [-0.39, 0.29) is 0 Å². The Kier molecular flexibility index (Phi) is 43.7. The van der Waals surface area contributed by atoms with Gasteiger partial charge < -0.3 is 4.74 Å². The summed E-state index contributed by atoms with van der Waals surface area (Å²) in [7, 11) is 0. The highest BCUT2D eigenvalue weighted by molar-refractivity contribution is 5.78. The van der Waals surface area contributed by atoms with Crippen LogP contribution in [0.4, 0.5) is 0 Å². The number of ether oxygens (including phenoxy) is 1. The van der Waals surface area contributed by atoms with Crippen LogP contribution in [0.1, 0.15) is 197 Å². The molecule has 1 nitrogen and oxygen atoms in total. The van der Waals surface area contributed by atoms with E-state index in [1.807, 2.05) is 76.2 Å². The largest absolute Gasteiger partial charge is 0.381 e. The van der Waals surface area contributed by atoms with E-state index >= 15 is 0 Å². The van der Waals surface area contributed by atoms with Gasteiger partial charge in [0.25, 0.3) is 0 Å². The molecule has 1 fully saturated rings. The first-order chi connectivity index (χ1) is 24.0. The second-order valence-electron chi connectivity index (χ2n) is 11.4. The maximum Gasteiger partial charge on any atom is 0.0575 e. The minimum atomic E-state index is 0.405. The second kappa shape index (κ2) is 40.1. The van der Waals surface area contributed by atoms with Crippen LogP contribution in [0, 0.1) is 5.92 Å². The molecule has 284 valence electrons. The van der Waals surface area contributed by atoms with E-state index in [9.17, 15) is 0 Å². The zero-order valence-electron chi connectivity index (χ0n) is 36.1. The van der Waals surface area contributed by atoms with Gasteiger partial charge in [-0.1, -0.05) is 216 Å². The predicted molar refractivity (Wildman–Crippen MR) is 230 cm³/mol. The molecule has 0 heterocycles. The van der Waals surface area contributed by atoms with Crippen molar-refractivity contribution in [3.63, 3.8) is 0 Å². The molecule has 3 aromatic carbocycles. The molecule has 5 rings (SSSR count). The Morgan fingerprint density at radius 3 is 1.27 bits per heavy atom. The van der Waals surface area contributed by atoms with Crippen molar-refractivity contribution in [2.24, 2.45) is 5.92 Å². The summed E-state index contributed by atoms with van der Waals surface area (Å²) < 4.78 is 5.63. The molecule has 0 radical (unpaired) electrons. The molecule has 0 atom stereocenters. The maximum absolute atomic E-state index is 5.63. The van der Waals surface area contributed by atoms with Gasteiger partial charge in [-0.15, -0.1) is 0 Å². The highest BCUT2D eigenvalue weighted by atomic mass is 16.5. The summed E-state index contributed by atoms with van der Waals surface area (Å²) in [6, 6.07) is 26.5. The first-order valence-electron chi connectivity index (χ1n) is 20.8. The quantitative estimate of drug-likeness (QED) is 0.219. The Hall–Kier alpha value is -2.38. The first kappa shape index (κ1) is 53.4. The lowest BCUT2D eigenvalue weighted by atomic mass is 9.98. The van der Waals surface area contributed by atoms with E-state index < -0.39 is 0 Å². The topological polar surface area (TPSA) is 9.23 Å². The minimum Gasteiger partial charge on any atom is -0.381 e. The molecule has 49 heavy (non-hydrogen) atoms. The van der Waals surface area contributed by atoms with E-state index in [1.54, 1.807) is 5.56 Å². The summed E-state index contributed by atoms with van der Waals surface area (Å²) in [4.78, 5) is 0. The van der Waals surface area contributed by atoms with Gasteiger partial charge in [-0.25, -0.2) is 0 Å². The fourth-order valence-electron chi connectivity index (χ4n) is 4.84.